The number of carbonyl (C=O) groups excluding carboxylic acids is 2. The molecule has 3 aromatic rings. The van der Waals surface area contributed by atoms with Gasteiger partial charge >= 0.3 is 0 Å². The van der Waals surface area contributed by atoms with Gasteiger partial charge in [-0.3, -0.25) is 9.59 Å². The lowest BCUT2D eigenvalue weighted by Crippen LogP contribution is -2.15. The first-order valence-electron chi connectivity index (χ1n) is 8.77. The van der Waals surface area contributed by atoms with E-state index >= 15 is 0 Å². The molecule has 0 aliphatic heterocycles. The Kier molecular flexibility index (Phi) is 6.29. The van der Waals surface area contributed by atoms with Gasteiger partial charge in [-0.05, 0) is 49.4 Å². The van der Waals surface area contributed by atoms with Crippen molar-refractivity contribution in [3.8, 4) is 5.75 Å². The van der Waals surface area contributed by atoms with Crippen LogP contribution in [0.5, 0.6) is 5.75 Å². The number of rotatable bonds is 6. The van der Waals surface area contributed by atoms with Gasteiger partial charge in [0.05, 0.1) is 22.9 Å². The number of ether oxygens (including phenoxy) is 1. The summed E-state index contributed by atoms with van der Waals surface area (Å²) >= 11 is 6.06. The van der Waals surface area contributed by atoms with E-state index in [9.17, 15) is 9.59 Å². The summed E-state index contributed by atoms with van der Waals surface area (Å²) < 4.78 is 5.53. The molecule has 0 radical (unpaired) electrons. The number of para-hydroxylation sites is 2. The van der Waals surface area contributed by atoms with Gasteiger partial charge < -0.3 is 15.4 Å². The topological polar surface area (TPSA) is 67.4 Å². The van der Waals surface area contributed by atoms with E-state index in [1.54, 1.807) is 60.7 Å². The van der Waals surface area contributed by atoms with Crippen LogP contribution in [0.25, 0.3) is 0 Å². The molecule has 0 bridgehead atoms. The summed E-state index contributed by atoms with van der Waals surface area (Å²) in [5.74, 6) is -0.0487. The van der Waals surface area contributed by atoms with Crippen LogP contribution in [0.3, 0.4) is 0 Å². The zero-order valence-corrected chi connectivity index (χ0v) is 16.0. The highest BCUT2D eigenvalue weighted by atomic mass is 35.5. The summed E-state index contributed by atoms with van der Waals surface area (Å²) in [4.78, 5) is 25.0. The van der Waals surface area contributed by atoms with Gasteiger partial charge in [0.15, 0.2) is 0 Å². The maximum atomic E-state index is 12.6. The molecular formula is C22H19ClN2O3. The first-order chi connectivity index (χ1) is 13.6. The molecule has 0 unspecified atom stereocenters. The molecule has 3 aromatic carbocycles. The van der Waals surface area contributed by atoms with Crippen molar-refractivity contribution in [2.45, 2.75) is 6.92 Å². The highest BCUT2D eigenvalue weighted by molar-refractivity contribution is 6.34. The van der Waals surface area contributed by atoms with Gasteiger partial charge in [0.25, 0.3) is 11.8 Å². The fraction of sp³-hybridized carbons (Fsp3) is 0.0909. The van der Waals surface area contributed by atoms with E-state index in [1.807, 2.05) is 19.1 Å². The van der Waals surface area contributed by atoms with E-state index in [-0.39, 0.29) is 11.8 Å². The zero-order chi connectivity index (χ0) is 19.9. The minimum atomic E-state index is -0.343. The lowest BCUT2D eigenvalue weighted by Gasteiger charge is -2.12. The number of anilines is 2. The highest BCUT2D eigenvalue weighted by Gasteiger charge is 2.13. The van der Waals surface area contributed by atoms with E-state index in [2.05, 4.69) is 10.6 Å². The lowest BCUT2D eigenvalue weighted by molar-refractivity contribution is 0.101. The number of hydrogen-bond donors (Lipinski definition) is 2. The Balaban J connectivity index is 1.75. The standard InChI is InChI=1S/C22H19ClN2O3/c1-2-28-20-13-6-5-12-19(20)25-21(26)15-8-7-9-16(14-15)24-22(27)17-10-3-4-11-18(17)23/h3-14H,2H2,1H3,(H,24,27)(H,25,26). The van der Waals surface area contributed by atoms with Gasteiger partial charge in [0, 0.05) is 11.3 Å². The van der Waals surface area contributed by atoms with Crippen molar-refractivity contribution in [2.75, 3.05) is 17.2 Å². The Hall–Kier alpha value is -3.31. The number of benzene rings is 3. The quantitative estimate of drug-likeness (QED) is 0.600. The molecule has 0 aliphatic rings. The number of nitrogens with one attached hydrogen (secondary N) is 2. The Morgan fingerprint density at radius 2 is 1.64 bits per heavy atom. The maximum absolute atomic E-state index is 12.6. The van der Waals surface area contributed by atoms with Gasteiger partial charge in [0.1, 0.15) is 5.75 Å². The van der Waals surface area contributed by atoms with Crippen molar-refractivity contribution < 1.29 is 14.3 Å². The van der Waals surface area contributed by atoms with Crippen LogP contribution in [0.1, 0.15) is 27.6 Å². The Morgan fingerprint density at radius 1 is 0.893 bits per heavy atom. The third-order valence-corrected chi connectivity index (χ3v) is 4.27. The predicted molar refractivity (Wildman–Crippen MR) is 111 cm³/mol. The number of amides is 2. The molecule has 6 heteroatoms. The fourth-order valence-corrected chi connectivity index (χ4v) is 2.85. The Labute approximate surface area is 168 Å². The second-order valence-electron chi connectivity index (χ2n) is 5.90. The molecule has 2 N–H and O–H groups in total. The van der Waals surface area contributed by atoms with E-state index in [1.165, 1.54) is 0 Å². The van der Waals surface area contributed by atoms with Crippen molar-refractivity contribution in [1.29, 1.82) is 0 Å². The van der Waals surface area contributed by atoms with E-state index < -0.39 is 0 Å². The molecule has 3 rings (SSSR count). The fourth-order valence-electron chi connectivity index (χ4n) is 2.63. The summed E-state index contributed by atoms with van der Waals surface area (Å²) in [6, 6.07) is 20.7. The minimum Gasteiger partial charge on any atom is -0.492 e. The van der Waals surface area contributed by atoms with Gasteiger partial charge in [-0.25, -0.2) is 0 Å². The van der Waals surface area contributed by atoms with Crippen LogP contribution < -0.4 is 15.4 Å². The number of carbonyl (C=O) groups is 2. The van der Waals surface area contributed by atoms with Crippen molar-refractivity contribution >= 4 is 34.8 Å². The first-order valence-corrected chi connectivity index (χ1v) is 9.15. The monoisotopic (exact) mass is 394 g/mol. The minimum absolute atomic E-state index is 0.305. The van der Waals surface area contributed by atoms with Gasteiger partial charge in [-0.1, -0.05) is 41.9 Å². The molecule has 0 fully saturated rings. The lowest BCUT2D eigenvalue weighted by atomic mass is 10.1. The second-order valence-corrected chi connectivity index (χ2v) is 6.31. The molecule has 0 heterocycles. The van der Waals surface area contributed by atoms with Crippen molar-refractivity contribution in [1.82, 2.24) is 0 Å². The third kappa shape index (κ3) is 4.69. The van der Waals surface area contributed by atoms with Crippen LogP contribution in [0, 0.1) is 0 Å². The van der Waals surface area contributed by atoms with Crippen molar-refractivity contribution in [2.24, 2.45) is 0 Å². The SMILES string of the molecule is CCOc1ccccc1NC(=O)c1cccc(NC(=O)c2ccccc2Cl)c1. The molecule has 0 saturated carbocycles. The summed E-state index contributed by atoms with van der Waals surface area (Å²) in [5.41, 5.74) is 1.85. The summed E-state index contributed by atoms with van der Waals surface area (Å²) in [6.45, 7) is 2.38. The molecule has 0 atom stereocenters. The van der Waals surface area contributed by atoms with E-state index in [4.69, 9.17) is 16.3 Å². The smallest absolute Gasteiger partial charge is 0.257 e. The van der Waals surface area contributed by atoms with E-state index in [0.717, 1.165) is 0 Å². The number of halogens is 1. The highest BCUT2D eigenvalue weighted by Crippen LogP contribution is 2.25. The second kappa shape index (κ2) is 9.06. The van der Waals surface area contributed by atoms with Crippen LogP contribution in [0.2, 0.25) is 5.02 Å². The van der Waals surface area contributed by atoms with Gasteiger partial charge in [-0.2, -0.15) is 0 Å². The third-order valence-electron chi connectivity index (χ3n) is 3.94. The summed E-state index contributed by atoms with van der Waals surface area (Å²) in [5, 5.41) is 5.96. The van der Waals surface area contributed by atoms with Crippen molar-refractivity contribution in [3.05, 3.63) is 88.9 Å². The Morgan fingerprint density at radius 3 is 2.43 bits per heavy atom. The van der Waals surface area contributed by atoms with Crippen LogP contribution in [0.4, 0.5) is 11.4 Å². The molecule has 28 heavy (non-hydrogen) atoms. The summed E-state index contributed by atoms with van der Waals surface area (Å²) in [6.07, 6.45) is 0. The molecule has 5 nitrogen and oxygen atoms in total. The van der Waals surface area contributed by atoms with E-state index in [0.29, 0.717) is 39.9 Å². The average molecular weight is 395 g/mol. The largest absolute Gasteiger partial charge is 0.492 e. The maximum Gasteiger partial charge on any atom is 0.257 e. The van der Waals surface area contributed by atoms with Gasteiger partial charge in [0.2, 0.25) is 0 Å². The van der Waals surface area contributed by atoms with Crippen molar-refractivity contribution in [3.63, 3.8) is 0 Å². The average Bonchev–Trinajstić information content (AvgIpc) is 2.70. The molecule has 0 aromatic heterocycles. The van der Waals surface area contributed by atoms with Crippen LogP contribution in [-0.4, -0.2) is 18.4 Å². The summed E-state index contributed by atoms with van der Waals surface area (Å²) in [7, 11) is 0. The van der Waals surface area contributed by atoms with Crippen LogP contribution >= 0.6 is 11.6 Å². The molecule has 0 spiro atoms. The molecule has 0 aliphatic carbocycles. The molecule has 2 amide bonds. The first kappa shape index (κ1) is 19.5. The Bertz CT molecular complexity index is 1000. The normalized spacial score (nSPS) is 10.2. The van der Waals surface area contributed by atoms with Crippen LogP contribution in [0.15, 0.2) is 72.8 Å². The number of hydrogen-bond acceptors (Lipinski definition) is 3. The molecular weight excluding hydrogens is 376 g/mol. The zero-order valence-electron chi connectivity index (χ0n) is 15.2. The predicted octanol–water partition coefficient (Wildman–Crippen LogP) is 5.24. The van der Waals surface area contributed by atoms with Gasteiger partial charge in [-0.15, -0.1) is 0 Å². The van der Waals surface area contributed by atoms with Crippen LogP contribution in [-0.2, 0) is 0 Å². The molecule has 142 valence electrons. The molecule has 0 saturated heterocycles.